The Morgan fingerprint density at radius 3 is 1.37 bits per heavy atom. The first kappa shape index (κ1) is 38.6. The van der Waals surface area contributed by atoms with Gasteiger partial charge in [-0.3, -0.25) is 0 Å². The lowest BCUT2D eigenvalue weighted by Gasteiger charge is -2.12. The fraction of sp³-hybridized carbons (Fsp3) is 0. The zero-order chi connectivity index (χ0) is 37.8. The van der Waals surface area contributed by atoms with E-state index in [4.69, 9.17) is 23.7 Å². The normalized spacial score (nSPS) is 10.8. The minimum Gasteiger partial charge on any atom is -0.572 e. The molecule has 0 saturated heterocycles. The van der Waals surface area contributed by atoms with Crippen molar-refractivity contribution in [2.45, 2.75) is 0 Å². The van der Waals surface area contributed by atoms with Gasteiger partial charge < -0.3 is 7.85 Å². The molecule has 0 atom stereocenters. The van der Waals surface area contributed by atoms with Crippen LogP contribution in [0.2, 0.25) is 0 Å². The van der Waals surface area contributed by atoms with Crippen molar-refractivity contribution in [1.82, 2.24) is 0 Å². The van der Waals surface area contributed by atoms with E-state index >= 15 is 0 Å². The quantitative estimate of drug-likeness (QED) is 0.0725. The van der Waals surface area contributed by atoms with E-state index in [2.05, 4.69) is 109 Å². The molecule has 14 heteroatoms. The van der Waals surface area contributed by atoms with Crippen LogP contribution in [0.3, 0.4) is 0 Å². The molecule has 1 aliphatic rings. The van der Waals surface area contributed by atoms with Crippen molar-refractivity contribution in [2.75, 3.05) is 0 Å². The number of hydrogen-bond acceptors (Lipinski definition) is 2. The minimum absolute atomic E-state index is 1.10. The fourth-order valence-electron chi connectivity index (χ4n) is 4.26. The van der Waals surface area contributed by atoms with Gasteiger partial charge in [0, 0.05) is 41.9 Å². The highest BCUT2D eigenvalue weighted by Crippen LogP contribution is 2.30. The van der Waals surface area contributed by atoms with Crippen LogP contribution in [0.25, 0.3) is 26.7 Å². The Bertz CT molecular complexity index is 2090. The molecule has 0 N–H and O–H groups in total. The molecule has 5 rings (SSSR count). The van der Waals surface area contributed by atoms with Gasteiger partial charge in [0.15, 0.2) is 40.7 Å². The molecule has 4 aromatic rings. The van der Waals surface area contributed by atoms with Gasteiger partial charge in [0.05, 0.1) is 10.8 Å². The molecule has 0 spiro atoms. The van der Waals surface area contributed by atoms with E-state index in [1.54, 1.807) is 0 Å². The molecule has 0 heterocycles. The van der Waals surface area contributed by atoms with Gasteiger partial charge >= 0.3 is 5.82 Å². The summed E-state index contributed by atoms with van der Waals surface area (Å²) in [7, 11) is 4.56. The summed E-state index contributed by atoms with van der Waals surface area (Å²) in [5.74, 6) is -19.5. The summed E-state index contributed by atoms with van der Waals surface area (Å²) in [6.45, 7) is 13.1. The van der Waals surface area contributed by atoms with Crippen molar-refractivity contribution in [1.29, 1.82) is 10.5 Å². The van der Waals surface area contributed by atoms with E-state index in [1.807, 2.05) is 0 Å². The Labute approximate surface area is 286 Å². The lowest BCUT2D eigenvalue weighted by atomic mass is 9.90. The van der Waals surface area contributed by atoms with Gasteiger partial charge in [-0.05, 0) is 24.3 Å². The van der Waals surface area contributed by atoms with Crippen LogP contribution in [0.5, 0.6) is 0 Å². The van der Waals surface area contributed by atoms with Crippen molar-refractivity contribution < 1.29 is 39.5 Å². The second-order valence-electron chi connectivity index (χ2n) is 9.61. The SMILES string of the molecule is C1=C[CH+]C(=C(c2ccccc2)c2ccccc2)C=C1.[B-]c1c(F)c(F)c(F)c(F)c1F.[C-]#[N+]C([N+]#[C-])=c1c(F)c(F)c(=C(C#N)C#N)c(F)c1F. The van der Waals surface area contributed by atoms with Gasteiger partial charge in [-0.25, -0.2) is 45.0 Å². The lowest BCUT2D eigenvalue weighted by molar-refractivity contribution is 0.384. The van der Waals surface area contributed by atoms with E-state index < -0.39 is 79.6 Å². The maximum absolute atomic E-state index is 13.6. The smallest absolute Gasteiger partial charge is 0.532 e. The molecule has 0 bridgehead atoms. The third-order valence-corrected chi connectivity index (χ3v) is 6.60. The topological polar surface area (TPSA) is 56.3 Å². The van der Waals surface area contributed by atoms with Crippen molar-refractivity contribution in [3.63, 3.8) is 0 Å². The third-order valence-electron chi connectivity index (χ3n) is 6.60. The molecule has 0 aromatic heterocycles. The summed E-state index contributed by atoms with van der Waals surface area (Å²) in [4.78, 5) is 4.92. The second-order valence-corrected chi connectivity index (χ2v) is 9.61. The largest absolute Gasteiger partial charge is 0.572 e. The van der Waals surface area contributed by atoms with Crippen LogP contribution in [-0.4, -0.2) is 7.85 Å². The first-order valence-electron chi connectivity index (χ1n) is 13.8. The third kappa shape index (κ3) is 8.40. The molecule has 4 nitrogen and oxygen atoms in total. The maximum atomic E-state index is 13.6. The first-order valence-corrected chi connectivity index (χ1v) is 13.8. The molecule has 1 aliphatic carbocycles. The summed E-state index contributed by atoms with van der Waals surface area (Å²) in [6, 6.07) is 23.3. The van der Waals surface area contributed by atoms with Crippen LogP contribution in [0.15, 0.2) is 90.5 Å². The van der Waals surface area contributed by atoms with Gasteiger partial charge in [0.1, 0.15) is 53.3 Å². The Hall–Kier alpha value is -6.90. The minimum atomic E-state index is -2.21. The predicted molar refractivity (Wildman–Crippen MR) is 170 cm³/mol. The highest BCUT2D eigenvalue weighted by atomic mass is 19.2. The highest BCUT2D eigenvalue weighted by Gasteiger charge is 2.25. The molecule has 4 aromatic carbocycles. The van der Waals surface area contributed by atoms with E-state index in [0.717, 1.165) is 12.1 Å². The number of rotatable bonds is 2. The van der Waals surface area contributed by atoms with Crippen molar-refractivity contribution >= 4 is 30.3 Å². The van der Waals surface area contributed by atoms with E-state index in [0.29, 0.717) is 0 Å². The van der Waals surface area contributed by atoms with Gasteiger partial charge in [0.2, 0.25) is 0 Å². The summed E-state index contributed by atoms with van der Waals surface area (Å²) in [5.41, 5.74) is 2.49. The second kappa shape index (κ2) is 17.5. The van der Waals surface area contributed by atoms with Gasteiger partial charge in [0.25, 0.3) is 0 Å². The number of nitrogens with zero attached hydrogens (tertiary/aromatic N) is 4. The number of allylic oxidation sites excluding steroid dienone is 5. The molecular formula is C37H15BF9N4. The maximum Gasteiger partial charge on any atom is 0.532 e. The van der Waals surface area contributed by atoms with E-state index in [1.165, 1.54) is 22.3 Å². The summed E-state index contributed by atoms with van der Waals surface area (Å²) in [5, 5.41) is 14.0. The van der Waals surface area contributed by atoms with E-state index in [-0.39, 0.29) is 0 Å². The van der Waals surface area contributed by atoms with Crippen molar-refractivity contribution in [3.8, 4) is 12.1 Å². The average Bonchev–Trinajstić information content (AvgIpc) is 3.17. The van der Waals surface area contributed by atoms with Crippen molar-refractivity contribution in [3.05, 3.63) is 194 Å². The summed E-state index contributed by atoms with van der Waals surface area (Å²) < 4.78 is 116. The van der Waals surface area contributed by atoms with Gasteiger partial charge in [-0.15, -0.1) is 0 Å². The first-order chi connectivity index (χ1) is 24.4. The molecule has 0 fully saturated rings. The number of hydrogen-bond donors (Lipinski definition) is 0. The zero-order valence-corrected chi connectivity index (χ0v) is 25.4. The van der Waals surface area contributed by atoms with Crippen LogP contribution < -0.4 is 15.9 Å². The van der Waals surface area contributed by atoms with E-state index in [9.17, 15) is 39.5 Å². The van der Waals surface area contributed by atoms with Crippen molar-refractivity contribution in [2.24, 2.45) is 0 Å². The Kier molecular flexibility index (Phi) is 13.2. The highest BCUT2D eigenvalue weighted by molar-refractivity contribution is 6.32. The van der Waals surface area contributed by atoms with Crippen LogP contribution in [0, 0.1) is 94.6 Å². The summed E-state index contributed by atoms with van der Waals surface area (Å²) in [6.07, 6.45) is 10.5. The van der Waals surface area contributed by atoms with Crippen LogP contribution >= 0.6 is 0 Å². The molecule has 249 valence electrons. The molecule has 0 saturated carbocycles. The number of benzene rings is 4. The monoisotopic (exact) mass is 697 g/mol. The van der Waals surface area contributed by atoms with Crippen LogP contribution in [0.1, 0.15) is 11.1 Å². The predicted octanol–water partition coefficient (Wildman–Crippen LogP) is 7.34. The molecule has 0 unspecified atom stereocenters. The van der Waals surface area contributed by atoms with Crippen LogP contribution in [0.4, 0.5) is 39.5 Å². The number of halogens is 9. The Morgan fingerprint density at radius 2 is 1.00 bits per heavy atom. The van der Waals surface area contributed by atoms with Gasteiger partial charge in [-0.2, -0.15) is 20.2 Å². The van der Waals surface area contributed by atoms with Crippen LogP contribution in [-0.2, 0) is 0 Å². The van der Waals surface area contributed by atoms with Gasteiger partial charge in [-0.1, -0.05) is 36.4 Å². The molecule has 0 aliphatic heterocycles. The molecular weight excluding hydrogens is 682 g/mol. The summed E-state index contributed by atoms with van der Waals surface area (Å²) >= 11 is 0. The number of nitriles is 2. The fourth-order valence-corrected chi connectivity index (χ4v) is 4.26. The molecule has 3 radical (unpaired) electrons. The average molecular weight is 697 g/mol. The lowest BCUT2D eigenvalue weighted by Crippen LogP contribution is -2.30. The standard InChI is InChI=1S/C19H15.C12F4N4.C6BF5/c1-4-10-16(11-5-1)19(17-12-6-2-7-13-17)18-14-8-3-9-15-18;1-19-12(20-2)7-10(15)8(13)6(5(3-17)4-18)9(14)11(7)16;7-1-2(8)4(10)6(12)5(11)3(1)9/h1-15H;;/q+1;;-1. The zero-order valence-electron chi connectivity index (χ0n) is 25.4. The molecule has 0 amide bonds. The molecule has 51 heavy (non-hydrogen) atoms. The Morgan fingerprint density at radius 1 is 0.588 bits per heavy atom. The Balaban J connectivity index is 0.000000213.